The number of aromatic amines is 1. The van der Waals surface area contributed by atoms with E-state index in [0.29, 0.717) is 29.8 Å². The fourth-order valence-corrected chi connectivity index (χ4v) is 3.82. The van der Waals surface area contributed by atoms with Crippen molar-refractivity contribution in [1.82, 2.24) is 25.2 Å². The lowest BCUT2D eigenvalue weighted by atomic mass is 9.97. The number of aryl methyl sites for hydroxylation is 2. The minimum Gasteiger partial charge on any atom is -0.354 e. The number of aromatic nitrogens is 3. The third-order valence-electron chi connectivity index (χ3n) is 5.47. The first-order valence-corrected chi connectivity index (χ1v) is 10.0. The van der Waals surface area contributed by atoms with Gasteiger partial charge in [0.2, 0.25) is 0 Å². The summed E-state index contributed by atoms with van der Waals surface area (Å²) < 4.78 is 38.1. The Morgan fingerprint density at radius 3 is 2.97 bits per heavy atom. The molecule has 0 saturated carbocycles. The summed E-state index contributed by atoms with van der Waals surface area (Å²) in [4.78, 5) is 37.9. The quantitative estimate of drug-likeness (QED) is 0.660. The normalized spacial score (nSPS) is 17.7. The number of hydrogen-bond donors (Lipinski definition) is 2. The van der Waals surface area contributed by atoms with Crippen molar-refractivity contribution in [2.24, 2.45) is 0 Å². The Hall–Kier alpha value is -3.32. The first-order chi connectivity index (χ1) is 16.9. The molecular weight excluding hydrogens is 390 g/mol. The van der Waals surface area contributed by atoms with Crippen LogP contribution < -0.4 is 10.9 Å². The van der Waals surface area contributed by atoms with Crippen LogP contribution in [0.4, 0.5) is 0 Å². The van der Waals surface area contributed by atoms with Crippen LogP contribution in [0.15, 0.2) is 41.3 Å². The van der Waals surface area contributed by atoms with Gasteiger partial charge in [0, 0.05) is 51.0 Å². The molecule has 0 saturated heterocycles. The molecule has 31 heavy (non-hydrogen) atoms. The summed E-state index contributed by atoms with van der Waals surface area (Å²) in [5.41, 5.74) is 3.78. The maximum Gasteiger partial charge on any atom is 0.269 e. The molecule has 0 radical (unpaired) electrons. The van der Waals surface area contributed by atoms with E-state index in [1.165, 1.54) is 11.6 Å². The SMILES string of the molecule is [2H]C([2H])([2H])C([2H])([2H])c1cc2ncc(CN3CC=C(c4ccc(C(=O)NC)nc4C)CC3)cc2[nH]c1=O. The summed E-state index contributed by atoms with van der Waals surface area (Å²) in [6, 6.07) is 6.65. The van der Waals surface area contributed by atoms with E-state index in [4.69, 9.17) is 6.85 Å². The zero-order valence-corrected chi connectivity index (χ0v) is 17.5. The van der Waals surface area contributed by atoms with Gasteiger partial charge in [-0.15, -0.1) is 0 Å². The Kier molecular flexibility index (Phi) is 4.40. The number of rotatable bonds is 5. The summed E-state index contributed by atoms with van der Waals surface area (Å²) in [7, 11) is 1.57. The van der Waals surface area contributed by atoms with E-state index >= 15 is 0 Å². The van der Waals surface area contributed by atoms with Crippen LogP contribution in [-0.4, -0.2) is 45.9 Å². The highest BCUT2D eigenvalue weighted by Crippen LogP contribution is 2.25. The van der Waals surface area contributed by atoms with Crippen molar-refractivity contribution in [3.05, 3.63) is 75.0 Å². The molecule has 0 atom stereocenters. The van der Waals surface area contributed by atoms with Gasteiger partial charge in [0.05, 0.1) is 11.0 Å². The summed E-state index contributed by atoms with van der Waals surface area (Å²) in [5, 5.41) is 2.58. The van der Waals surface area contributed by atoms with Gasteiger partial charge >= 0.3 is 0 Å². The number of nitrogens with one attached hydrogen (secondary N) is 2. The summed E-state index contributed by atoms with van der Waals surface area (Å²) in [6.07, 6.45) is 1.82. The molecule has 3 aromatic rings. The van der Waals surface area contributed by atoms with Gasteiger partial charge in [-0.05, 0) is 54.6 Å². The van der Waals surface area contributed by atoms with Gasteiger partial charge in [-0.2, -0.15) is 0 Å². The molecule has 2 N–H and O–H groups in total. The standard InChI is InChI=1S/C24H27N5O2/c1-4-17-12-21-22(28-23(17)30)11-16(13-26-21)14-29-9-7-18(8-10-29)19-5-6-20(24(31)25-3)27-15(19)2/h5-7,11-13H,4,8-10,14H2,1-3H3,(H,25,31)(H,28,30)/i1D3,4D2. The smallest absolute Gasteiger partial charge is 0.269 e. The number of carbonyl (C=O) groups excluding carboxylic acids is 1. The van der Waals surface area contributed by atoms with Gasteiger partial charge in [-0.25, -0.2) is 4.98 Å². The maximum absolute atomic E-state index is 12.5. The minimum absolute atomic E-state index is 0.217. The first kappa shape index (κ1) is 15.5. The van der Waals surface area contributed by atoms with Crippen LogP contribution in [0.1, 0.15) is 53.0 Å². The Balaban J connectivity index is 1.50. The molecule has 0 aliphatic carbocycles. The van der Waals surface area contributed by atoms with Crippen LogP contribution in [0, 0.1) is 6.92 Å². The number of H-pyrrole nitrogens is 1. The van der Waals surface area contributed by atoms with E-state index in [2.05, 4.69) is 31.2 Å². The van der Waals surface area contributed by atoms with Gasteiger partial charge in [0.25, 0.3) is 11.5 Å². The largest absolute Gasteiger partial charge is 0.354 e. The average molecular weight is 423 g/mol. The molecular formula is C24H27N5O2. The lowest BCUT2D eigenvalue weighted by Crippen LogP contribution is -2.28. The van der Waals surface area contributed by atoms with Crippen molar-refractivity contribution in [3.8, 4) is 0 Å². The Morgan fingerprint density at radius 1 is 1.39 bits per heavy atom. The lowest BCUT2D eigenvalue weighted by molar-refractivity contribution is 0.0958. The highest BCUT2D eigenvalue weighted by atomic mass is 16.1. The number of hydrogen-bond acceptors (Lipinski definition) is 5. The fourth-order valence-electron chi connectivity index (χ4n) is 3.82. The molecule has 160 valence electrons. The lowest BCUT2D eigenvalue weighted by Gasteiger charge is -2.27. The van der Waals surface area contributed by atoms with E-state index in [1.54, 1.807) is 25.4 Å². The third kappa shape index (κ3) is 4.41. The van der Waals surface area contributed by atoms with E-state index in [1.807, 2.05) is 13.0 Å². The second-order valence-electron chi connectivity index (χ2n) is 7.54. The molecule has 0 spiro atoms. The van der Waals surface area contributed by atoms with E-state index in [-0.39, 0.29) is 5.91 Å². The zero-order valence-electron chi connectivity index (χ0n) is 22.5. The van der Waals surface area contributed by atoms with Crippen molar-refractivity contribution in [1.29, 1.82) is 0 Å². The van der Waals surface area contributed by atoms with E-state index in [0.717, 1.165) is 29.8 Å². The molecule has 7 heteroatoms. The Labute approximate surface area is 188 Å². The number of amides is 1. The average Bonchev–Trinajstić information content (AvgIpc) is 2.82. The van der Waals surface area contributed by atoms with E-state index in [9.17, 15) is 9.59 Å². The van der Waals surface area contributed by atoms with Crippen molar-refractivity contribution in [2.45, 2.75) is 33.1 Å². The molecule has 0 bridgehead atoms. The third-order valence-corrected chi connectivity index (χ3v) is 5.47. The highest BCUT2D eigenvalue weighted by Gasteiger charge is 2.17. The molecule has 4 heterocycles. The molecule has 0 unspecified atom stereocenters. The van der Waals surface area contributed by atoms with Crippen LogP contribution in [0.5, 0.6) is 0 Å². The van der Waals surface area contributed by atoms with Crippen LogP contribution in [0.3, 0.4) is 0 Å². The molecule has 1 amide bonds. The van der Waals surface area contributed by atoms with Crippen LogP contribution >= 0.6 is 0 Å². The van der Waals surface area contributed by atoms with Gasteiger partial charge in [-0.1, -0.05) is 19.0 Å². The number of fused-ring (bicyclic) bond motifs is 1. The molecule has 3 aromatic heterocycles. The van der Waals surface area contributed by atoms with Gasteiger partial charge < -0.3 is 10.3 Å². The molecule has 1 aliphatic rings. The minimum atomic E-state index is -2.98. The number of carbonyl (C=O) groups is 1. The molecule has 0 fully saturated rings. The van der Waals surface area contributed by atoms with Gasteiger partial charge in [0.15, 0.2) is 0 Å². The number of nitrogens with zero attached hydrogens (tertiary/aromatic N) is 3. The molecule has 7 nitrogen and oxygen atoms in total. The number of pyridine rings is 3. The molecule has 0 aromatic carbocycles. The second kappa shape index (κ2) is 8.81. The topological polar surface area (TPSA) is 91.0 Å². The predicted molar refractivity (Wildman–Crippen MR) is 122 cm³/mol. The second-order valence-corrected chi connectivity index (χ2v) is 7.54. The Bertz CT molecular complexity index is 1410. The molecule has 1 aliphatic heterocycles. The van der Waals surface area contributed by atoms with Crippen LogP contribution in [0.2, 0.25) is 0 Å². The van der Waals surface area contributed by atoms with Crippen molar-refractivity contribution in [3.63, 3.8) is 0 Å². The van der Waals surface area contributed by atoms with Gasteiger partial charge in [-0.3, -0.25) is 19.5 Å². The van der Waals surface area contributed by atoms with E-state index < -0.39 is 24.3 Å². The monoisotopic (exact) mass is 422 g/mol. The van der Waals surface area contributed by atoms with Crippen LogP contribution in [-0.2, 0) is 12.9 Å². The maximum atomic E-state index is 12.5. The predicted octanol–water partition coefficient (Wildman–Crippen LogP) is 2.84. The Morgan fingerprint density at radius 2 is 2.26 bits per heavy atom. The highest BCUT2D eigenvalue weighted by molar-refractivity contribution is 5.92. The van der Waals surface area contributed by atoms with Crippen molar-refractivity contribution < 1.29 is 11.6 Å². The summed E-state index contributed by atoms with van der Waals surface area (Å²) in [5.74, 6) is -0.217. The van der Waals surface area contributed by atoms with Crippen LogP contribution in [0.25, 0.3) is 16.6 Å². The van der Waals surface area contributed by atoms with Crippen molar-refractivity contribution >= 4 is 22.5 Å². The van der Waals surface area contributed by atoms with Crippen molar-refractivity contribution in [2.75, 3.05) is 20.1 Å². The zero-order chi connectivity index (χ0) is 26.3. The summed E-state index contributed by atoms with van der Waals surface area (Å²) >= 11 is 0. The summed E-state index contributed by atoms with van der Waals surface area (Å²) in [6.45, 7) is 1.02. The molecule has 4 rings (SSSR count). The first-order valence-electron chi connectivity index (χ1n) is 12.5. The fraction of sp³-hybridized carbons (Fsp3) is 0.333. The van der Waals surface area contributed by atoms with Gasteiger partial charge in [0.1, 0.15) is 5.69 Å².